The fourth-order valence-corrected chi connectivity index (χ4v) is 3.63. The molecule has 114 valence electrons. The number of hydrogen-bond acceptors (Lipinski definition) is 3. The highest BCUT2D eigenvalue weighted by atomic mass is 16.5. The standard InChI is InChI=1S/C17H24N2O2/c1-19(16-5-3-2-4-13(16)9-18)17(20)12-6-7-14-10-21-11-15(14)8-12/h6-8,13,16H,2-5,9-11,18H2,1H3. The van der Waals surface area contributed by atoms with Gasteiger partial charge in [0.25, 0.3) is 5.91 Å². The normalized spacial score (nSPS) is 24.7. The zero-order valence-corrected chi connectivity index (χ0v) is 12.7. The fourth-order valence-electron chi connectivity index (χ4n) is 3.63. The monoisotopic (exact) mass is 288 g/mol. The summed E-state index contributed by atoms with van der Waals surface area (Å²) < 4.78 is 5.42. The highest BCUT2D eigenvalue weighted by Crippen LogP contribution is 2.29. The van der Waals surface area contributed by atoms with Crippen LogP contribution in [0.5, 0.6) is 0 Å². The summed E-state index contributed by atoms with van der Waals surface area (Å²) >= 11 is 0. The van der Waals surface area contributed by atoms with Crippen molar-refractivity contribution in [3.05, 3.63) is 34.9 Å². The largest absolute Gasteiger partial charge is 0.372 e. The van der Waals surface area contributed by atoms with Crippen LogP contribution in [0.2, 0.25) is 0 Å². The van der Waals surface area contributed by atoms with E-state index in [4.69, 9.17) is 10.5 Å². The number of carbonyl (C=O) groups excluding carboxylic acids is 1. The second-order valence-corrected chi connectivity index (χ2v) is 6.24. The van der Waals surface area contributed by atoms with Gasteiger partial charge in [0, 0.05) is 18.7 Å². The summed E-state index contributed by atoms with van der Waals surface area (Å²) in [5.74, 6) is 0.542. The van der Waals surface area contributed by atoms with Crippen molar-refractivity contribution in [2.24, 2.45) is 11.7 Å². The summed E-state index contributed by atoms with van der Waals surface area (Å²) in [4.78, 5) is 14.7. The van der Waals surface area contributed by atoms with E-state index in [0.29, 0.717) is 25.7 Å². The minimum Gasteiger partial charge on any atom is -0.372 e. The van der Waals surface area contributed by atoms with Gasteiger partial charge in [0.1, 0.15) is 0 Å². The Morgan fingerprint density at radius 3 is 2.86 bits per heavy atom. The third-order valence-electron chi connectivity index (χ3n) is 4.96. The molecule has 2 aliphatic rings. The van der Waals surface area contributed by atoms with E-state index < -0.39 is 0 Å². The molecular formula is C17H24N2O2. The van der Waals surface area contributed by atoms with Crippen LogP contribution in [0.25, 0.3) is 0 Å². The molecule has 4 heteroatoms. The minimum atomic E-state index is 0.107. The SMILES string of the molecule is CN(C(=O)c1ccc2c(c1)COC2)C1CCCCC1CN. The third-order valence-corrected chi connectivity index (χ3v) is 4.96. The Morgan fingerprint density at radius 2 is 2.05 bits per heavy atom. The molecule has 0 aromatic heterocycles. The first kappa shape index (κ1) is 14.5. The van der Waals surface area contributed by atoms with E-state index in [1.807, 2.05) is 30.1 Å². The van der Waals surface area contributed by atoms with Crippen LogP contribution >= 0.6 is 0 Å². The molecule has 1 aromatic carbocycles. The molecule has 21 heavy (non-hydrogen) atoms. The van der Waals surface area contributed by atoms with Crippen molar-refractivity contribution in [2.75, 3.05) is 13.6 Å². The zero-order chi connectivity index (χ0) is 14.8. The molecule has 1 aliphatic carbocycles. The smallest absolute Gasteiger partial charge is 0.253 e. The minimum absolute atomic E-state index is 0.107. The highest BCUT2D eigenvalue weighted by Gasteiger charge is 2.30. The predicted molar refractivity (Wildman–Crippen MR) is 81.8 cm³/mol. The predicted octanol–water partition coefficient (Wildman–Crippen LogP) is 2.31. The Labute approximate surface area is 126 Å². The lowest BCUT2D eigenvalue weighted by Gasteiger charge is -2.37. The lowest BCUT2D eigenvalue weighted by Crippen LogP contribution is -2.45. The second kappa shape index (κ2) is 6.16. The molecule has 3 rings (SSSR count). The lowest BCUT2D eigenvalue weighted by molar-refractivity contribution is 0.0620. The Hall–Kier alpha value is -1.39. The maximum atomic E-state index is 12.7. The first-order chi connectivity index (χ1) is 10.2. The molecule has 1 saturated carbocycles. The summed E-state index contributed by atoms with van der Waals surface area (Å²) in [7, 11) is 1.92. The van der Waals surface area contributed by atoms with Crippen LogP contribution in [-0.2, 0) is 18.0 Å². The van der Waals surface area contributed by atoms with Gasteiger partial charge in [0.15, 0.2) is 0 Å². The van der Waals surface area contributed by atoms with Crippen molar-refractivity contribution in [1.82, 2.24) is 4.90 Å². The molecule has 0 bridgehead atoms. The summed E-state index contributed by atoms with van der Waals surface area (Å²) in [6.45, 7) is 1.95. The summed E-state index contributed by atoms with van der Waals surface area (Å²) in [5, 5.41) is 0. The molecule has 2 atom stereocenters. The van der Waals surface area contributed by atoms with Crippen LogP contribution < -0.4 is 5.73 Å². The maximum Gasteiger partial charge on any atom is 0.253 e. The van der Waals surface area contributed by atoms with E-state index in [0.717, 1.165) is 24.0 Å². The van der Waals surface area contributed by atoms with Crippen molar-refractivity contribution < 1.29 is 9.53 Å². The van der Waals surface area contributed by atoms with Crippen LogP contribution in [0, 0.1) is 5.92 Å². The van der Waals surface area contributed by atoms with Gasteiger partial charge < -0.3 is 15.4 Å². The number of ether oxygens (including phenoxy) is 1. The Morgan fingerprint density at radius 1 is 1.29 bits per heavy atom. The molecule has 2 unspecified atom stereocenters. The number of amides is 1. The Bertz CT molecular complexity index is 530. The van der Waals surface area contributed by atoms with Gasteiger partial charge in [-0.2, -0.15) is 0 Å². The highest BCUT2D eigenvalue weighted by molar-refractivity contribution is 5.94. The van der Waals surface area contributed by atoms with Crippen molar-refractivity contribution in [3.63, 3.8) is 0 Å². The van der Waals surface area contributed by atoms with Crippen LogP contribution in [0.3, 0.4) is 0 Å². The van der Waals surface area contributed by atoms with Crippen molar-refractivity contribution in [3.8, 4) is 0 Å². The van der Waals surface area contributed by atoms with Gasteiger partial charge in [-0.3, -0.25) is 4.79 Å². The lowest BCUT2D eigenvalue weighted by atomic mass is 9.83. The molecule has 1 heterocycles. The Kier molecular flexibility index (Phi) is 4.27. The van der Waals surface area contributed by atoms with E-state index >= 15 is 0 Å². The molecule has 1 amide bonds. The molecule has 4 nitrogen and oxygen atoms in total. The average Bonchev–Trinajstić information content (AvgIpc) is 3.00. The number of nitrogens with two attached hydrogens (primary N) is 1. The molecule has 0 spiro atoms. The van der Waals surface area contributed by atoms with E-state index in [1.165, 1.54) is 18.4 Å². The Balaban J connectivity index is 1.77. The van der Waals surface area contributed by atoms with Crippen LogP contribution in [0.15, 0.2) is 18.2 Å². The van der Waals surface area contributed by atoms with Gasteiger partial charge in [-0.05, 0) is 48.6 Å². The number of fused-ring (bicyclic) bond motifs is 1. The number of carbonyl (C=O) groups is 1. The summed E-state index contributed by atoms with van der Waals surface area (Å²) in [6.07, 6.45) is 4.63. The molecular weight excluding hydrogens is 264 g/mol. The van der Waals surface area contributed by atoms with E-state index in [2.05, 4.69) is 0 Å². The molecule has 2 N–H and O–H groups in total. The van der Waals surface area contributed by atoms with Gasteiger partial charge in [0.2, 0.25) is 0 Å². The van der Waals surface area contributed by atoms with E-state index in [9.17, 15) is 4.79 Å². The van der Waals surface area contributed by atoms with Gasteiger partial charge in [-0.1, -0.05) is 18.9 Å². The number of nitrogens with zero attached hydrogens (tertiary/aromatic N) is 1. The van der Waals surface area contributed by atoms with Crippen molar-refractivity contribution in [2.45, 2.75) is 44.9 Å². The second-order valence-electron chi connectivity index (χ2n) is 6.24. The van der Waals surface area contributed by atoms with Crippen molar-refractivity contribution in [1.29, 1.82) is 0 Å². The average molecular weight is 288 g/mol. The number of rotatable bonds is 3. The zero-order valence-electron chi connectivity index (χ0n) is 12.7. The van der Waals surface area contributed by atoms with E-state index in [-0.39, 0.29) is 11.9 Å². The van der Waals surface area contributed by atoms with Crippen LogP contribution in [0.1, 0.15) is 47.2 Å². The van der Waals surface area contributed by atoms with Gasteiger partial charge in [-0.25, -0.2) is 0 Å². The topological polar surface area (TPSA) is 55.6 Å². The molecule has 0 radical (unpaired) electrons. The van der Waals surface area contributed by atoms with Crippen LogP contribution in [-0.4, -0.2) is 30.4 Å². The maximum absolute atomic E-state index is 12.7. The van der Waals surface area contributed by atoms with Gasteiger partial charge >= 0.3 is 0 Å². The first-order valence-electron chi connectivity index (χ1n) is 7.87. The molecule has 1 aromatic rings. The van der Waals surface area contributed by atoms with Crippen molar-refractivity contribution >= 4 is 5.91 Å². The molecule has 0 saturated heterocycles. The van der Waals surface area contributed by atoms with Gasteiger partial charge in [-0.15, -0.1) is 0 Å². The number of benzene rings is 1. The quantitative estimate of drug-likeness (QED) is 0.928. The molecule has 1 fully saturated rings. The summed E-state index contributed by atoms with van der Waals surface area (Å²) in [6, 6.07) is 6.21. The third kappa shape index (κ3) is 2.83. The van der Waals surface area contributed by atoms with Gasteiger partial charge in [0.05, 0.1) is 13.2 Å². The van der Waals surface area contributed by atoms with E-state index in [1.54, 1.807) is 0 Å². The fraction of sp³-hybridized carbons (Fsp3) is 0.588. The molecule has 1 aliphatic heterocycles. The first-order valence-corrected chi connectivity index (χ1v) is 7.87. The summed E-state index contributed by atoms with van der Waals surface area (Å²) in [5.41, 5.74) is 9.00. The van der Waals surface area contributed by atoms with Crippen LogP contribution in [0.4, 0.5) is 0 Å². The number of hydrogen-bond donors (Lipinski definition) is 1.